The Hall–Kier alpha value is -2.48. The summed E-state index contributed by atoms with van der Waals surface area (Å²) in [6.07, 6.45) is 1.27. The Labute approximate surface area is 97.3 Å². The van der Waals surface area contributed by atoms with Crippen molar-refractivity contribution < 1.29 is 9.13 Å². The van der Waals surface area contributed by atoms with E-state index in [0.29, 0.717) is 11.3 Å². The van der Waals surface area contributed by atoms with Crippen molar-refractivity contribution in [2.75, 3.05) is 7.11 Å². The Morgan fingerprint density at radius 1 is 1.29 bits per heavy atom. The lowest BCUT2D eigenvalue weighted by atomic mass is 10.1. The van der Waals surface area contributed by atoms with E-state index in [1.54, 1.807) is 6.07 Å². The number of halogens is 1. The lowest BCUT2D eigenvalue weighted by molar-refractivity contribution is 0.386. The molecule has 0 fully saturated rings. The molecule has 0 bridgehead atoms. The van der Waals surface area contributed by atoms with Crippen molar-refractivity contribution in [1.82, 2.24) is 9.97 Å². The highest BCUT2D eigenvalue weighted by Gasteiger charge is 2.06. The predicted molar refractivity (Wildman–Crippen MR) is 58.7 cm³/mol. The van der Waals surface area contributed by atoms with E-state index in [4.69, 9.17) is 10.00 Å². The maximum absolute atomic E-state index is 13.5. The minimum Gasteiger partial charge on any atom is -0.494 e. The second-order valence-electron chi connectivity index (χ2n) is 3.25. The Morgan fingerprint density at radius 2 is 2.12 bits per heavy atom. The van der Waals surface area contributed by atoms with Crippen LogP contribution in [0.3, 0.4) is 0 Å². The number of aromatic nitrogens is 2. The quantitative estimate of drug-likeness (QED) is 0.791. The van der Waals surface area contributed by atoms with E-state index in [1.165, 1.54) is 31.6 Å². The van der Waals surface area contributed by atoms with Gasteiger partial charge in [-0.05, 0) is 18.2 Å². The molecule has 0 aliphatic carbocycles. The van der Waals surface area contributed by atoms with Crippen molar-refractivity contribution in [2.24, 2.45) is 0 Å². The first kappa shape index (κ1) is 11.0. The minimum atomic E-state index is -0.470. The van der Waals surface area contributed by atoms with Gasteiger partial charge in [0.1, 0.15) is 18.1 Å². The fraction of sp³-hybridized carbons (Fsp3) is 0.0833. The summed E-state index contributed by atoms with van der Waals surface area (Å²) >= 11 is 0. The summed E-state index contributed by atoms with van der Waals surface area (Å²) in [5, 5.41) is 8.71. The average Bonchev–Trinajstić information content (AvgIpc) is 2.38. The molecule has 17 heavy (non-hydrogen) atoms. The summed E-state index contributed by atoms with van der Waals surface area (Å²) in [7, 11) is 1.40. The maximum Gasteiger partial charge on any atom is 0.165 e. The molecular formula is C12H8FN3O. The second kappa shape index (κ2) is 4.58. The number of ether oxygens (including phenoxy) is 1. The van der Waals surface area contributed by atoms with E-state index in [0.717, 1.165) is 0 Å². The number of benzene rings is 1. The molecule has 2 aromatic rings. The smallest absolute Gasteiger partial charge is 0.165 e. The van der Waals surface area contributed by atoms with Gasteiger partial charge in [-0.1, -0.05) is 0 Å². The van der Waals surface area contributed by atoms with Gasteiger partial charge in [-0.15, -0.1) is 0 Å². The molecule has 0 aliphatic rings. The highest BCUT2D eigenvalue weighted by Crippen LogP contribution is 2.24. The van der Waals surface area contributed by atoms with Crippen LogP contribution in [0.1, 0.15) is 5.69 Å². The first-order chi connectivity index (χ1) is 8.24. The van der Waals surface area contributed by atoms with Crippen LogP contribution in [0.2, 0.25) is 0 Å². The lowest BCUT2D eigenvalue weighted by Gasteiger charge is -2.04. The molecule has 0 unspecified atom stereocenters. The van der Waals surface area contributed by atoms with Crippen molar-refractivity contribution in [3.05, 3.63) is 42.1 Å². The molecule has 0 radical (unpaired) electrons. The molecule has 0 spiro atoms. The van der Waals surface area contributed by atoms with Crippen LogP contribution in [0.4, 0.5) is 4.39 Å². The SMILES string of the molecule is COc1ccc(-c2cc(C#N)ncn2)cc1F. The molecule has 1 aromatic carbocycles. The average molecular weight is 229 g/mol. The molecule has 0 N–H and O–H groups in total. The molecule has 84 valence electrons. The van der Waals surface area contributed by atoms with Crippen LogP contribution in [0.15, 0.2) is 30.6 Å². The zero-order chi connectivity index (χ0) is 12.3. The van der Waals surface area contributed by atoms with Crippen LogP contribution in [-0.2, 0) is 0 Å². The van der Waals surface area contributed by atoms with Gasteiger partial charge in [-0.2, -0.15) is 5.26 Å². The van der Waals surface area contributed by atoms with Crippen molar-refractivity contribution in [2.45, 2.75) is 0 Å². The van der Waals surface area contributed by atoms with Gasteiger partial charge in [0.05, 0.1) is 12.8 Å². The number of rotatable bonds is 2. The number of hydrogen-bond donors (Lipinski definition) is 0. The Morgan fingerprint density at radius 3 is 2.76 bits per heavy atom. The van der Waals surface area contributed by atoms with Crippen LogP contribution in [-0.4, -0.2) is 17.1 Å². The topological polar surface area (TPSA) is 58.8 Å². The van der Waals surface area contributed by atoms with E-state index in [2.05, 4.69) is 9.97 Å². The molecule has 0 saturated heterocycles. The third-order valence-electron chi connectivity index (χ3n) is 2.23. The van der Waals surface area contributed by atoms with Gasteiger partial charge in [-0.25, -0.2) is 14.4 Å². The molecule has 5 heteroatoms. The Balaban J connectivity index is 2.46. The molecule has 0 atom stereocenters. The second-order valence-corrected chi connectivity index (χ2v) is 3.25. The third-order valence-corrected chi connectivity index (χ3v) is 2.23. The van der Waals surface area contributed by atoms with Crippen LogP contribution in [0.25, 0.3) is 11.3 Å². The Kier molecular flexibility index (Phi) is 2.97. The zero-order valence-corrected chi connectivity index (χ0v) is 9.01. The monoisotopic (exact) mass is 229 g/mol. The van der Waals surface area contributed by atoms with Gasteiger partial charge >= 0.3 is 0 Å². The van der Waals surface area contributed by atoms with E-state index in [-0.39, 0.29) is 11.4 Å². The standard InChI is InChI=1S/C12H8FN3O/c1-17-12-3-2-8(4-10(12)13)11-5-9(6-14)15-7-16-11/h2-5,7H,1H3. The van der Waals surface area contributed by atoms with Crippen LogP contribution in [0.5, 0.6) is 5.75 Å². The van der Waals surface area contributed by atoms with Crippen molar-refractivity contribution in [3.8, 4) is 23.1 Å². The fourth-order valence-corrected chi connectivity index (χ4v) is 1.40. The lowest BCUT2D eigenvalue weighted by Crippen LogP contribution is -1.91. The van der Waals surface area contributed by atoms with E-state index in [9.17, 15) is 4.39 Å². The number of nitriles is 1. The maximum atomic E-state index is 13.5. The normalized spacial score (nSPS) is 9.71. The van der Waals surface area contributed by atoms with Crippen molar-refractivity contribution in [3.63, 3.8) is 0 Å². The highest BCUT2D eigenvalue weighted by atomic mass is 19.1. The summed E-state index contributed by atoms with van der Waals surface area (Å²) in [5.41, 5.74) is 1.31. The number of hydrogen-bond acceptors (Lipinski definition) is 4. The first-order valence-electron chi connectivity index (χ1n) is 4.80. The zero-order valence-electron chi connectivity index (χ0n) is 9.01. The highest BCUT2D eigenvalue weighted by molar-refractivity contribution is 5.61. The summed E-state index contributed by atoms with van der Waals surface area (Å²) < 4.78 is 18.3. The molecular weight excluding hydrogens is 221 g/mol. The summed E-state index contributed by atoms with van der Waals surface area (Å²) in [5.74, 6) is -0.301. The first-order valence-corrected chi connectivity index (χ1v) is 4.80. The van der Waals surface area contributed by atoms with Gasteiger partial charge in [0.2, 0.25) is 0 Å². The molecule has 4 nitrogen and oxygen atoms in total. The van der Waals surface area contributed by atoms with Crippen LogP contribution in [0, 0.1) is 17.1 Å². The van der Waals surface area contributed by atoms with Crippen LogP contribution < -0.4 is 4.74 Å². The van der Waals surface area contributed by atoms with Gasteiger partial charge in [0, 0.05) is 11.6 Å². The van der Waals surface area contributed by atoms with Gasteiger partial charge in [-0.3, -0.25) is 0 Å². The van der Waals surface area contributed by atoms with Crippen LogP contribution >= 0.6 is 0 Å². The molecule has 1 aromatic heterocycles. The van der Waals surface area contributed by atoms with E-state index < -0.39 is 5.82 Å². The molecule has 2 rings (SSSR count). The van der Waals surface area contributed by atoms with Gasteiger partial charge in [0.15, 0.2) is 11.6 Å². The van der Waals surface area contributed by atoms with E-state index >= 15 is 0 Å². The summed E-state index contributed by atoms with van der Waals surface area (Å²) in [4.78, 5) is 7.73. The molecule has 0 aliphatic heterocycles. The van der Waals surface area contributed by atoms with Crippen molar-refractivity contribution >= 4 is 0 Å². The summed E-state index contributed by atoms with van der Waals surface area (Å²) in [6.45, 7) is 0. The van der Waals surface area contributed by atoms with Gasteiger partial charge < -0.3 is 4.74 Å². The van der Waals surface area contributed by atoms with Crippen molar-refractivity contribution in [1.29, 1.82) is 5.26 Å². The fourth-order valence-electron chi connectivity index (χ4n) is 1.40. The molecule has 0 amide bonds. The van der Waals surface area contributed by atoms with E-state index in [1.807, 2.05) is 6.07 Å². The minimum absolute atomic E-state index is 0.170. The number of methoxy groups -OCH3 is 1. The molecule has 0 saturated carbocycles. The molecule has 1 heterocycles. The predicted octanol–water partition coefficient (Wildman–Crippen LogP) is 2.16. The number of nitrogens with zero attached hydrogens (tertiary/aromatic N) is 3. The summed E-state index contributed by atoms with van der Waals surface area (Å²) in [6, 6.07) is 7.90. The Bertz CT molecular complexity index is 593. The largest absolute Gasteiger partial charge is 0.494 e. The third kappa shape index (κ3) is 2.21. The van der Waals surface area contributed by atoms with Gasteiger partial charge in [0.25, 0.3) is 0 Å².